The Hall–Kier alpha value is -1.05. The van der Waals surface area contributed by atoms with Gasteiger partial charge in [0.15, 0.2) is 5.79 Å². The molecule has 1 N–H and O–H groups in total. The van der Waals surface area contributed by atoms with Gasteiger partial charge in [-0.15, -0.1) is 11.8 Å². The summed E-state index contributed by atoms with van der Waals surface area (Å²) in [4.78, 5) is 25.9. The summed E-state index contributed by atoms with van der Waals surface area (Å²) >= 11 is 1.61. The van der Waals surface area contributed by atoms with Crippen LogP contribution in [0.3, 0.4) is 0 Å². The van der Waals surface area contributed by atoms with Gasteiger partial charge in [0.1, 0.15) is 17.1 Å². The number of ether oxygens (including phenoxy) is 2. The van der Waals surface area contributed by atoms with Crippen molar-refractivity contribution in [1.29, 1.82) is 0 Å². The summed E-state index contributed by atoms with van der Waals surface area (Å²) in [5, 5.41) is -0.211. The maximum atomic E-state index is 12.1. The van der Waals surface area contributed by atoms with E-state index in [-0.39, 0.29) is 17.0 Å². The van der Waals surface area contributed by atoms with Gasteiger partial charge in [0, 0.05) is 17.5 Å². The average molecular weight is 298 g/mol. The first-order valence-corrected chi connectivity index (χ1v) is 7.59. The minimum absolute atomic E-state index is 0.0633. The van der Waals surface area contributed by atoms with E-state index in [2.05, 4.69) is 4.98 Å². The molecule has 110 valence electrons. The zero-order valence-electron chi connectivity index (χ0n) is 11.9. The van der Waals surface area contributed by atoms with Crippen molar-refractivity contribution in [2.45, 2.75) is 50.6 Å². The highest BCUT2D eigenvalue weighted by atomic mass is 32.2. The number of hydrogen-bond donors (Lipinski definition) is 1. The van der Waals surface area contributed by atoms with E-state index in [9.17, 15) is 9.59 Å². The summed E-state index contributed by atoms with van der Waals surface area (Å²) in [6.07, 6.45) is 1.54. The van der Waals surface area contributed by atoms with Gasteiger partial charge in [-0.05, 0) is 27.7 Å². The summed E-state index contributed by atoms with van der Waals surface area (Å²) < 4.78 is 13.5. The van der Waals surface area contributed by atoms with Crippen LogP contribution in [0.2, 0.25) is 0 Å². The summed E-state index contributed by atoms with van der Waals surface area (Å²) in [6.45, 7) is 7.40. The lowest BCUT2D eigenvalue weighted by atomic mass is 10.0. The third kappa shape index (κ3) is 1.96. The molecule has 0 unspecified atom stereocenters. The average Bonchev–Trinajstić information content (AvgIpc) is 2.72. The van der Waals surface area contributed by atoms with Gasteiger partial charge in [-0.3, -0.25) is 14.3 Å². The van der Waals surface area contributed by atoms with Crippen molar-refractivity contribution in [2.75, 3.05) is 5.75 Å². The zero-order valence-corrected chi connectivity index (χ0v) is 12.7. The van der Waals surface area contributed by atoms with Crippen LogP contribution in [-0.2, 0) is 9.47 Å². The van der Waals surface area contributed by atoms with Crippen LogP contribution >= 0.6 is 11.8 Å². The van der Waals surface area contributed by atoms with E-state index in [0.29, 0.717) is 5.56 Å². The molecule has 0 saturated carbocycles. The Morgan fingerprint density at radius 1 is 1.40 bits per heavy atom. The molecule has 7 heteroatoms. The first kappa shape index (κ1) is 13.9. The quantitative estimate of drug-likeness (QED) is 0.837. The molecule has 0 spiro atoms. The molecule has 0 aliphatic carbocycles. The molecule has 3 atom stereocenters. The molecule has 0 amide bonds. The first-order valence-electron chi connectivity index (χ1n) is 6.54. The molecule has 2 aliphatic rings. The van der Waals surface area contributed by atoms with Crippen molar-refractivity contribution in [3.8, 4) is 0 Å². The number of nitrogens with one attached hydrogen (secondary N) is 1. The van der Waals surface area contributed by atoms with Gasteiger partial charge in [0.2, 0.25) is 0 Å². The molecule has 0 aromatic carbocycles. The van der Waals surface area contributed by atoms with Crippen molar-refractivity contribution >= 4 is 11.8 Å². The second-order valence-corrected chi connectivity index (χ2v) is 7.07. The highest BCUT2D eigenvalue weighted by molar-refractivity contribution is 7.99. The lowest BCUT2D eigenvalue weighted by Crippen LogP contribution is -2.44. The molecule has 1 aromatic rings. The molecule has 2 saturated heterocycles. The number of fused-ring (bicyclic) bond motifs is 1. The Balaban J connectivity index is 2.06. The van der Waals surface area contributed by atoms with Gasteiger partial charge in [-0.1, -0.05) is 0 Å². The number of rotatable bonds is 1. The fourth-order valence-corrected chi connectivity index (χ4v) is 4.55. The summed E-state index contributed by atoms with van der Waals surface area (Å²) in [5.41, 5.74) is -0.827. The fourth-order valence-electron chi connectivity index (χ4n) is 2.95. The molecule has 0 radical (unpaired) electrons. The van der Waals surface area contributed by atoms with Crippen LogP contribution in [0, 0.1) is 6.92 Å². The van der Waals surface area contributed by atoms with Gasteiger partial charge in [-0.25, -0.2) is 4.79 Å². The highest BCUT2D eigenvalue weighted by Gasteiger charge is 2.59. The van der Waals surface area contributed by atoms with Crippen molar-refractivity contribution in [3.63, 3.8) is 0 Å². The topological polar surface area (TPSA) is 73.3 Å². The summed E-state index contributed by atoms with van der Waals surface area (Å²) in [7, 11) is 0. The van der Waals surface area contributed by atoms with Crippen LogP contribution in [0.1, 0.15) is 31.7 Å². The van der Waals surface area contributed by atoms with E-state index in [0.717, 1.165) is 5.75 Å². The van der Waals surface area contributed by atoms with Crippen molar-refractivity contribution in [1.82, 2.24) is 9.55 Å². The lowest BCUT2D eigenvalue weighted by Gasteiger charge is -2.31. The number of aryl methyl sites for hydroxylation is 1. The fraction of sp³-hybridized carbons (Fsp3) is 0.692. The molecule has 2 fully saturated rings. The predicted molar refractivity (Wildman–Crippen MR) is 76.0 cm³/mol. The molecule has 1 aromatic heterocycles. The standard InChI is InChI=1S/C13H18N2O4S/c1-7-5-15(11(17)14-9(7)16)10-13(4)8(6-20-10)18-12(2,3)19-13/h5,8,10H,6H2,1-4H3,(H,14,16,17)/t8-,10-,13-/m1/s1. The molecule has 6 nitrogen and oxygen atoms in total. The van der Waals surface area contributed by atoms with E-state index in [1.807, 2.05) is 20.8 Å². The second-order valence-electron chi connectivity index (χ2n) is 5.96. The molecule has 2 aliphatic heterocycles. The molecule has 3 heterocycles. The smallest absolute Gasteiger partial charge is 0.329 e. The normalized spacial score (nSPS) is 35.2. The largest absolute Gasteiger partial charge is 0.343 e. The minimum atomic E-state index is -0.653. The van der Waals surface area contributed by atoms with E-state index in [1.54, 1.807) is 29.4 Å². The Morgan fingerprint density at radius 2 is 2.10 bits per heavy atom. The maximum absolute atomic E-state index is 12.1. The number of aromatic nitrogens is 2. The van der Waals surface area contributed by atoms with Crippen LogP contribution in [0.4, 0.5) is 0 Å². The summed E-state index contributed by atoms with van der Waals surface area (Å²) in [5.74, 6) is 0.106. The third-order valence-corrected chi connectivity index (χ3v) is 5.33. The van der Waals surface area contributed by atoms with Gasteiger partial charge in [0.25, 0.3) is 5.56 Å². The van der Waals surface area contributed by atoms with Gasteiger partial charge >= 0.3 is 5.69 Å². The Labute approximate surface area is 120 Å². The van der Waals surface area contributed by atoms with E-state index in [1.165, 1.54) is 0 Å². The van der Waals surface area contributed by atoms with Gasteiger partial charge in [0.05, 0.1) is 0 Å². The first-order chi connectivity index (χ1) is 9.23. The molecule has 0 bridgehead atoms. The molecule has 3 rings (SSSR count). The minimum Gasteiger partial charge on any atom is -0.343 e. The number of nitrogens with zero attached hydrogens (tertiary/aromatic N) is 1. The Morgan fingerprint density at radius 3 is 2.80 bits per heavy atom. The molecule has 20 heavy (non-hydrogen) atoms. The second kappa shape index (κ2) is 4.22. The Kier molecular flexibility index (Phi) is 2.94. The van der Waals surface area contributed by atoms with Crippen molar-refractivity contribution in [3.05, 3.63) is 32.6 Å². The van der Waals surface area contributed by atoms with Gasteiger partial charge in [-0.2, -0.15) is 0 Å². The van der Waals surface area contributed by atoms with Crippen LogP contribution in [0.25, 0.3) is 0 Å². The molecular formula is C13H18N2O4S. The maximum Gasteiger partial charge on any atom is 0.329 e. The monoisotopic (exact) mass is 298 g/mol. The zero-order chi connectivity index (χ0) is 14.7. The number of thioether (sulfide) groups is 1. The van der Waals surface area contributed by atoms with Crippen molar-refractivity contribution in [2.24, 2.45) is 0 Å². The third-order valence-electron chi connectivity index (χ3n) is 3.83. The highest BCUT2D eigenvalue weighted by Crippen LogP contribution is 2.53. The number of aromatic amines is 1. The Bertz CT molecular complexity index is 665. The molecular weight excluding hydrogens is 280 g/mol. The van der Waals surface area contributed by atoms with Crippen LogP contribution < -0.4 is 11.2 Å². The SMILES string of the molecule is Cc1cn([C@@H]2SC[C@H]3OC(C)(C)O[C@]32C)c(=O)[nH]c1=O. The number of H-pyrrole nitrogens is 1. The predicted octanol–water partition coefficient (Wildman–Crippen LogP) is 1.00. The van der Waals surface area contributed by atoms with E-state index >= 15 is 0 Å². The van der Waals surface area contributed by atoms with Crippen LogP contribution in [0.5, 0.6) is 0 Å². The number of hydrogen-bond acceptors (Lipinski definition) is 5. The van der Waals surface area contributed by atoms with E-state index < -0.39 is 17.1 Å². The van der Waals surface area contributed by atoms with E-state index in [4.69, 9.17) is 9.47 Å². The van der Waals surface area contributed by atoms with Crippen LogP contribution in [-0.4, -0.2) is 32.8 Å². The van der Waals surface area contributed by atoms with Gasteiger partial charge < -0.3 is 9.47 Å². The lowest BCUT2D eigenvalue weighted by molar-refractivity contribution is -0.163. The van der Waals surface area contributed by atoms with Crippen LogP contribution in [0.15, 0.2) is 15.8 Å². The summed E-state index contributed by atoms with van der Waals surface area (Å²) in [6, 6.07) is 0. The van der Waals surface area contributed by atoms with Crippen molar-refractivity contribution < 1.29 is 9.47 Å².